The Morgan fingerprint density at radius 2 is 1.48 bits per heavy atom. The van der Waals surface area contributed by atoms with Crippen LogP contribution >= 0.6 is 11.6 Å². The number of rotatable bonds is 6. The highest BCUT2D eigenvalue weighted by Gasteiger charge is 2.37. The van der Waals surface area contributed by atoms with Crippen molar-refractivity contribution in [2.24, 2.45) is 0 Å². The van der Waals surface area contributed by atoms with Crippen molar-refractivity contribution < 1.29 is 54.5 Å². The summed E-state index contributed by atoms with van der Waals surface area (Å²) in [5, 5.41) is 9.23. The van der Waals surface area contributed by atoms with Crippen molar-refractivity contribution in [3.8, 4) is 11.3 Å². The quantitative estimate of drug-likeness (QED) is 0.0804. The lowest BCUT2D eigenvalue weighted by atomic mass is 9.99. The Hall–Kier alpha value is -5.06. The predicted molar refractivity (Wildman–Crippen MR) is 170 cm³/mol. The molecule has 4 aromatic carbocycles. The summed E-state index contributed by atoms with van der Waals surface area (Å²) in [5.41, 5.74) is -3.07. The Kier molecular flexibility index (Phi) is 11.2. The molecular weight excluding hydrogens is 716 g/mol. The number of hydrogen-bond donors (Lipinski definition) is 1. The Labute approximate surface area is 285 Å². The molecule has 0 atom stereocenters. The van der Waals surface area contributed by atoms with E-state index in [1.165, 1.54) is 19.2 Å². The van der Waals surface area contributed by atoms with Crippen LogP contribution in [0.5, 0.6) is 0 Å². The zero-order chi connectivity index (χ0) is 37.0. The smallest absolute Gasteiger partial charge is 0.337 e. The van der Waals surface area contributed by atoms with Gasteiger partial charge >= 0.3 is 18.3 Å². The van der Waals surface area contributed by atoms with Crippen molar-refractivity contribution in [2.75, 3.05) is 13.3 Å². The second-order valence-corrected chi connectivity index (χ2v) is 13.0. The molecule has 0 aliphatic heterocycles. The number of fused-ring (bicyclic) bond motifs is 1. The molecule has 0 radical (unpaired) electrons. The van der Waals surface area contributed by atoms with Crippen molar-refractivity contribution in [1.29, 1.82) is 0 Å². The molecule has 5 rings (SSSR count). The highest BCUT2D eigenvalue weighted by atomic mass is 35.5. The van der Waals surface area contributed by atoms with Gasteiger partial charge < -0.3 is 4.90 Å². The third-order valence-corrected chi connectivity index (χ3v) is 8.03. The zero-order valence-electron chi connectivity index (χ0n) is 25.8. The number of halogens is 7. The maximum atomic E-state index is 13.5. The van der Waals surface area contributed by atoms with Crippen molar-refractivity contribution in [3.63, 3.8) is 0 Å². The van der Waals surface area contributed by atoms with E-state index in [0.29, 0.717) is 28.1 Å². The summed E-state index contributed by atoms with van der Waals surface area (Å²) in [4.78, 5) is 36.4. The molecular formula is C33H24ClF6N3O6S. The van der Waals surface area contributed by atoms with Crippen LogP contribution in [-0.4, -0.2) is 53.7 Å². The minimum atomic E-state index is -5.05. The van der Waals surface area contributed by atoms with Gasteiger partial charge in [0.25, 0.3) is 5.91 Å². The molecule has 0 saturated heterocycles. The lowest BCUT2D eigenvalue weighted by Crippen LogP contribution is -2.28. The van der Waals surface area contributed by atoms with Crippen LogP contribution in [-0.2, 0) is 33.6 Å². The van der Waals surface area contributed by atoms with Crippen molar-refractivity contribution >= 4 is 44.1 Å². The van der Waals surface area contributed by atoms with Crippen LogP contribution in [0.2, 0.25) is 5.02 Å². The normalized spacial score (nSPS) is 11.8. The lowest BCUT2D eigenvalue weighted by molar-refractivity contribution is -0.182. The molecule has 0 spiro atoms. The van der Waals surface area contributed by atoms with Crippen LogP contribution in [0, 0.1) is 0 Å². The average Bonchev–Trinajstić information content (AvgIpc) is 3.06. The van der Waals surface area contributed by atoms with Gasteiger partial charge in [0.15, 0.2) is 0 Å². The first-order chi connectivity index (χ1) is 23.3. The van der Waals surface area contributed by atoms with Crippen LogP contribution in [0.4, 0.5) is 26.3 Å². The summed E-state index contributed by atoms with van der Waals surface area (Å²) in [6.07, 6.45) is -8.23. The Morgan fingerprint density at radius 1 is 0.880 bits per heavy atom. The molecule has 9 nitrogen and oxygen atoms in total. The highest BCUT2D eigenvalue weighted by molar-refractivity contribution is 7.90. The molecule has 1 N–H and O–H groups in total. The fourth-order valence-electron chi connectivity index (χ4n) is 4.67. The first-order valence-corrected chi connectivity index (χ1v) is 16.3. The maximum Gasteiger partial charge on any atom is 0.416 e. The number of aromatic nitrogens is 2. The van der Waals surface area contributed by atoms with E-state index in [-0.39, 0.29) is 22.9 Å². The number of carbonyl (C=O) groups is 2. The molecule has 5 aromatic rings. The topological polar surface area (TPSA) is 127 Å². The number of carbonyl (C=O) groups excluding carboxylic acids is 2. The van der Waals surface area contributed by atoms with Gasteiger partial charge in [-0.1, -0.05) is 60.1 Å². The predicted octanol–water partition coefficient (Wildman–Crippen LogP) is 7.98. The number of nitrogens with zero attached hydrogens (tertiary/aromatic N) is 3. The van der Waals surface area contributed by atoms with Crippen LogP contribution < -0.4 is 0 Å². The van der Waals surface area contributed by atoms with E-state index < -0.39 is 62.5 Å². The molecule has 0 aliphatic rings. The Morgan fingerprint density at radius 3 is 2.06 bits per heavy atom. The third kappa shape index (κ3) is 9.13. The summed E-state index contributed by atoms with van der Waals surface area (Å²) in [6.45, 7) is -0.616. The third-order valence-electron chi connectivity index (χ3n) is 6.93. The monoisotopic (exact) mass is 739 g/mol. The van der Waals surface area contributed by atoms with E-state index in [1.807, 2.05) is 0 Å². The lowest BCUT2D eigenvalue weighted by Gasteiger charge is -2.21. The zero-order valence-corrected chi connectivity index (χ0v) is 27.3. The minimum absolute atomic E-state index is 0.00168. The van der Waals surface area contributed by atoms with E-state index in [2.05, 4.69) is 14.9 Å². The van der Waals surface area contributed by atoms with E-state index in [0.717, 1.165) is 22.7 Å². The average molecular weight is 740 g/mol. The highest BCUT2D eigenvalue weighted by Crippen LogP contribution is 2.37. The number of sulfone groups is 1. The van der Waals surface area contributed by atoms with Gasteiger partial charge in [0.2, 0.25) is 15.0 Å². The standard InChI is InChI=1S/C26H19F6N3O3S.C7H5ClO3/c1-35(14-15-10-17(25(27,28)29)12-18(11-15)26(30,31)32)23(36)21-13-33-24(39(2,37)38)34-22(21)20-9-5-7-16-6-3-4-8-19(16)20;8-6-3-1-2-5(4-6)7(9)11-10/h3-13H,14H2,1-2H3;1-4,10H. The summed E-state index contributed by atoms with van der Waals surface area (Å²) in [5.74, 6) is -1.66. The fourth-order valence-corrected chi connectivity index (χ4v) is 5.36. The molecule has 0 bridgehead atoms. The first-order valence-electron chi connectivity index (χ1n) is 14.0. The largest absolute Gasteiger partial charge is 0.416 e. The summed E-state index contributed by atoms with van der Waals surface area (Å²) in [6, 6.07) is 19.3. The van der Waals surface area contributed by atoms with Crippen molar-refractivity contribution in [1.82, 2.24) is 14.9 Å². The van der Waals surface area contributed by atoms with Gasteiger partial charge in [-0.2, -0.15) is 31.6 Å². The summed E-state index contributed by atoms with van der Waals surface area (Å²) in [7, 11) is -2.71. The molecule has 0 fully saturated rings. The van der Waals surface area contributed by atoms with Crippen LogP contribution in [0.1, 0.15) is 37.4 Å². The molecule has 0 aliphatic carbocycles. The number of hydrogen-bond acceptors (Lipinski definition) is 8. The van der Waals surface area contributed by atoms with E-state index in [1.54, 1.807) is 54.6 Å². The molecule has 1 aromatic heterocycles. The van der Waals surface area contributed by atoms with Crippen LogP contribution in [0.3, 0.4) is 0 Å². The second-order valence-electron chi connectivity index (χ2n) is 10.7. The number of alkyl halides is 6. The van der Waals surface area contributed by atoms with Gasteiger partial charge in [-0.15, -0.1) is 0 Å². The molecule has 0 unspecified atom stereocenters. The summed E-state index contributed by atoms with van der Waals surface area (Å²) >= 11 is 5.56. The van der Waals surface area contributed by atoms with Gasteiger partial charge in [-0.05, 0) is 52.7 Å². The molecule has 1 heterocycles. The second kappa shape index (κ2) is 14.8. The fraction of sp³-hybridized carbons (Fsp3) is 0.152. The molecule has 17 heteroatoms. The van der Waals surface area contributed by atoms with E-state index >= 15 is 0 Å². The molecule has 262 valence electrons. The van der Waals surface area contributed by atoms with Gasteiger partial charge in [0.1, 0.15) is 0 Å². The maximum absolute atomic E-state index is 13.5. The number of benzene rings is 4. The minimum Gasteiger partial charge on any atom is -0.337 e. The summed E-state index contributed by atoms with van der Waals surface area (Å²) < 4.78 is 104. The van der Waals surface area contributed by atoms with Crippen molar-refractivity contribution in [3.05, 3.63) is 124 Å². The Balaban J connectivity index is 0.000000435. The van der Waals surface area contributed by atoms with E-state index in [9.17, 15) is 44.3 Å². The molecule has 50 heavy (non-hydrogen) atoms. The van der Waals surface area contributed by atoms with Crippen LogP contribution in [0.15, 0.2) is 96.3 Å². The number of amides is 1. The van der Waals surface area contributed by atoms with Gasteiger partial charge in [0.05, 0.1) is 27.9 Å². The van der Waals surface area contributed by atoms with Gasteiger partial charge in [-0.25, -0.2) is 23.2 Å². The van der Waals surface area contributed by atoms with E-state index in [4.69, 9.17) is 16.9 Å². The molecule has 0 saturated carbocycles. The van der Waals surface area contributed by atoms with Gasteiger partial charge in [0, 0.05) is 36.6 Å². The Bertz CT molecular complexity index is 2140. The van der Waals surface area contributed by atoms with Crippen molar-refractivity contribution in [2.45, 2.75) is 24.1 Å². The molecule has 1 amide bonds. The van der Waals surface area contributed by atoms with Crippen LogP contribution in [0.25, 0.3) is 22.0 Å². The van der Waals surface area contributed by atoms with Gasteiger partial charge in [-0.3, -0.25) is 9.68 Å². The first kappa shape index (κ1) is 37.8. The SMILES string of the molecule is CN(Cc1cc(C(F)(F)F)cc(C(F)(F)F)c1)C(=O)c1cnc(S(C)(=O)=O)nc1-c1cccc2ccccc12.O=C(OO)c1cccc(Cl)c1.